The molecule has 2 atom stereocenters. The Bertz CT molecular complexity index is 725. The van der Waals surface area contributed by atoms with E-state index < -0.39 is 15.8 Å². The van der Waals surface area contributed by atoms with Crippen LogP contribution >= 0.6 is 0 Å². The number of hydrogen-bond acceptors (Lipinski definition) is 4. The number of halogens is 1. The highest BCUT2D eigenvalue weighted by atomic mass is 32.2. The van der Waals surface area contributed by atoms with Crippen molar-refractivity contribution in [1.82, 2.24) is 9.21 Å². The number of rotatable bonds is 3. The van der Waals surface area contributed by atoms with Crippen LogP contribution in [0.5, 0.6) is 0 Å². The molecule has 2 aliphatic heterocycles. The molecule has 0 unspecified atom stereocenters. The number of aryl methyl sites for hydroxylation is 1. The number of nitrogens with zero attached hydrogens (tertiary/aromatic N) is 2. The lowest BCUT2D eigenvalue weighted by Crippen LogP contribution is -2.62. The van der Waals surface area contributed by atoms with Crippen molar-refractivity contribution in [3.8, 4) is 0 Å². The molecule has 134 valence electrons. The van der Waals surface area contributed by atoms with E-state index in [4.69, 9.17) is 0 Å². The second-order valence-corrected chi connectivity index (χ2v) is 9.05. The van der Waals surface area contributed by atoms with Gasteiger partial charge < -0.3 is 10.0 Å². The van der Waals surface area contributed by atoms with Crippen LogP contribution in [0.25, 0.3) is 0 Å². The van der Waals surface area contributed by atoms with Crippen molar-refractivity contribution in [1.29, 1.82) is 0 Å². The first-order valence-electron chi connectivity index (χ1n) is 8.37. The molecular weight excluding hydrogens is 331 g/mol. The minimum absolute atomic E-state index is 0.00589. The number of aliphatic hydroxyl groups is 1. The molecule has 2 fully saturated rings. The van der Waals surface area contributed by atoms with Crippen LogP contribution in [0.2, 0.25) is 0 Å². The van der Waals surface area contributed by atoms with Gasteiger partial charge in [-0.2, -0.15) is 4.31 Å². The number of aliphatic hydroxyl groups excluding tert-OH is 1. The quantitative estimate of drug-likeness (QED) is 0.894. The van der Waals surface area contributed by atoms with Gasteiger partial charge in [0.05, 0.1) is 11.5 Å². The van der Waals surface area contributed by atoms with Gasteiger partial charge in [0.2, 0.25) is 10.0 Å². The Morgan fingerprint density at radius 3 is 2.79 bits per heavy atom. The highest BCUT2D eigenvalue weighted by molar-refractivity contribution is 7.89. The Labute approximate surface area is 143 Å². The van der Waals surface area contributed by atoms with Gasteiger partial charge in [0, 0.05) is 24.5 Å². The third kappa shape index (κ3) is 2.87. The molecule has 0 bridgehead atoms. The van der Waals surface area contributed by atoms with Crippen LogP contribution in [0.15, 0.2) is 23.1 Å². The first kappa shape index (κ1) is 17.8. The summed E-state index contributed by atoms with van der Waals surface area (Å²) in [7, 11) is -1.76. The molecule has 1 aromatic carbocycles. The third-order valence-corrected chi connectivity index (χ3v) is 7.75. The predicted octanol–water partition coefficient (Wildman–Crippen LogP) is 1.60. The number of likely N-dealkylation sites (tertiary alicyclic amines) is 1. The maximum absolute atomic E-state index is 13.6. The van der Waals surface area contributed by atoms with Crippen LogP contribution < -0.4 is 0 Å². The first-order chi connectivity index (χ1) is 11.3. The largest absolute Gasteiger partial charge is 0.396 e. The molecule has 2 saturated heterocycles. The van der Waals surface area contributed by atoms with Gasteiger partial charge in [-0.25, -0.2) is 12.8 Å². The van der Waals surface area contributed by atoms with Gasteiger partial charge in [0.15, 0.2) is 0 Å². The van der Waals surface area contributed by atoms with E-state index in [0.717, 1.165) is 25.5 Å². The molecule has 2 aliphatic rings. The molecule has 0 aromatic heterocycles. The van der Waals surface area contributed by atoms with E-state index in [0.29, 0.717) is 25.1 Å². The molecule has 0 saturated carbocycles. The molecule has 1 aromatic rings. The van der Waals surface area contributed by atoms with E-state index in [1.54, 1.807) is 6.92 Å². The van der Waals surface area contributed by atoms with Crippen molar-refractivity contribution in [2.75, 3.05) is 33.3 Å². The number of piperidine rings is 2. The molecule has 0 amide bonds. The van der Waals surface area contributed by atoms with Crippen LogP contribution in [0.3, 0.4) is 0 Å². The van der Waals surface area contributed by atoms with Crippen molar-refractivity contribution in [3.63, 3.8) is 0 Å². The maximum Gasteiger partial charge on any atom is 0.243 e. The summed E-state index contributed by atoms with van der Waals surface area (Å²) in [4.78, 5) is 2.19. The highest BCUT2D eigenvalue weighted by Crippen LogP contribution is 2.42. The Morgan fingerprint density at radius 1 is 1.33 bits per heavy atom. The van der Waals surface area contributed by atoms with Gasteiger partial charge in [-0.1, -0.05) is 6.07 Å². The van der Waals surface area contributed by atoms with E-state index in [1.165, 1.54) is 16.4 Å². The lowest BCUT2D eigenvalue weighted by Gasteiger charge is -2.53. The fraction of sp³-hybridized carbons (Fsp3) is 0.647. The summed E-state index contributed by atoms with van der Waals surface area (Å²) >= 11 is 0. The summed E-state index contributed by atoms with van der Waals surface area (Å²) in [6, 6.07) is 3.87. The topological polar surface area (TPSA) is 60.9 Å². The number of sulfonamides is 1. The fourth-order valence-electron chi connectivity index (χ4n) is 4.20. The number of likely N-dealkylation sites (N-methyl/N-ethyl adjacent to an activating group) is 1. The molecule has 1 N–H and O–H groups in total. The summed E-state index contributed by atoms with van der Waals surface area (Å²) in [5.74, 6) is -0.546. The SMILES string of the molecule is Cc1ccc(F)cc1S(=O)(=O)N1CC[C@@]2(CO)CCCN(C)[C@@H]2C1. The van der Waals surface area contributed by atoms with Crippen LogP contribution in [0.4, 0.5) is 4.39 Å². The smallest absolute Gasteiger partial charge is 0.243 e. The molecule has 5 nitrogen and oxygen atoms in total. The zero-order valence-electron chi connectivity index (χ0n) is 14.2. The Morgan fingerprint density at radius 2 is 2.08 bits per heavy atom. The van der Waals surface area contributed by atoms with Gasteiger partial charge in [-0.3, -0.25) is 0 Å². The lowest BCUT2D eigenvalue weighted by atomic mass is 9.69. The van der Waals surface area contributed by atoms with Gasteiger partial charge in [-0.05, 0) is 57.5 Å². The second-order valence-electron chi connectivity index (χ2n) is 7.14. The molecular formula is C17H25FN2O3S. The van der Waals surface area contributed by atoms with E-state index in [9.17, 15) is 17.9 Å². The predicted molar refractivity (Wildman–Crippen MR) is 89.7 cm³/mol. The summed E-state index contributed by atoms with van der Waals surface area (Å²) < 4.78 is 41.0. The van der Waals surface area contributed by atoms with E-state index >= 15 is 0 Å². The van der Waals surface area contributed by atoms with Crippen molar-refractivity contribution in [2.24, 2.45) is 5.41 Å². The fourth-order valence-corrected chi connectivity index (χ4v) is 5.88. The lowest BCUT2D eigenvalue weighted by molar-refractivity contribution is -0.0508. The Balaban J connectivity index is 1.92. The maximum atomic E-state index is 13.6. The van der Waals surface area contributed by atoms with Crippen LogP contribution in [0, 0.1) is 18.2 Å². The normalized spacial score (nSPS) is 29.4. The molecule has 0 radical (unpaired) electrons. The standard InChI is InChI=1S/C17H25FN2O3S/c1-13-4-5-14(18)10-15(13)24(22,23)20-9-7-17(12-21)6-3-8-19(2)16(17)11-20/h4-5,10,16,21H,3,6-9,11-12H2,1-2H3/t16-,17-/m1/s1. The molecule has 7 heteroatoms. The Kier molecular flexibility index (Phi) is 4.72. The van der Waals surface area contributed by atoms with Gasteiger partial charge in [0.1, 0.15) is 5.82 Å². The van der Waals surface area contributed by atoms with E-state index in [1.807, 2.05) is 7.05 Å². The summed E-state index contributed by atoms with van der Waals surface area (Å²) in [6.07, 6.45) is 2.57. The van der Waals surface area contributed by atoms with Crippen molar-refractivity contribution < 1.29 is 17.9 Å². The number of hydrogen-bond donors (Lipinski definition) is 1. The molecule has 24 heavy (non-hydrogen) atoms. The molecule has 3 rings (SSSR count). The average molecular weight is 356 g/mol. The molecule has 0 spiro atoms. The highest BCUT2D eigenvalue weighted by Gasteiger charge is 2.48. The monoisotopic (exact) mass is 356 g/mol. The van der Waals surface area contributed by atoms with Crippen molar-refractivity contribution >= 4 is 10.0 Å². The zero-order chi connectivity index (χ0) is 17.5. The van der Waals surface area contributed by atoms with Crippen LogP contribution in [-0.2, 0) is 10.0 Å². The Hall–Kier alpha value is -1.02. The third-order valence-electron chi connectivity index (χ3n) is 5.74. The zero-order valence-corrected chi connectivity index (χ0v) is 15.0. The number of benzene rings is 1. The molecule has 0 aliphatic carbocycles. The van der Waals surface area contributed by atoms with E-state index in [2.05, 4.69) is 4.90 Å². The summed E-state index contributed by atoms with van der Waals surface area (Å²) in [5, 5.41) is 9.94. The van der Waals surface area contributed by atoms with Gasteiger partial charge >= 0.3 is 0 Å². The van der Waals surface area contributed by atoms with Crippen LogP contribution in [-0.4, -0.2) is 62.1 Å². The minimum atomic E-state index is -3.74. The van der Waals surface area contributed by atoms with Gasteiger partial charge in [-0.15, -0.1) is 0 Å². The second kappa shape index (κ2) is 6.37. The van der Waals surface area contributed by atoms with E-state index in [-0.39, 0.29) is 23.0 Å². The minimum Gasteiger partial charge on any atom is -0.396 e. The van der Waals surface area contributed by atoms with Gasteiger partial charge in [0.25, 0.3) is 0 Å². The molecule has 2 heterocycles. The van der Waals surface area contributed by atoms with Crippen LogP contribution in [0.1, 0.15) is 24.8 Å². The van der Waals surface area contributed by atoms with Crippen molar-refractivity contribution in [3.05, 3.63) is 29.6 Å². The summed E-state index contributed by atoms with van der Waals surface area (Å²) in [5.41, 5.74) is 0.322. The average Bonchev–Trinajstić information content (AvgIpc) is 2.57. The number of fused-ring (bicyclic) bond motifs is 1. The summed E-state index contributed by atoms with van der Waals surface area (Å²) in [6.45, 7) is 3.37. The first-order valence-corrected chi connectivity index (χ1v) is 9.82. The van der Waals surface area contributed by atoms with Crippen molar-refractivity contribution in [2.45, 2.75) is 37.1 Å².